The molecule has 0 amide bonds. The van der Waals surface area contributed by atoms with Gasteiger partial charge in [-0.25, -0.2) is 9.18 Å². The number of anilines is 2. The highest BCUT2D eigenvalue weighted by molar-refractivity contribution is 7.00. The topological polar surface area (TPSA) is 124 Å². The van der Waals surface area contributed by atoms with Gasteiger partial charge in [-0.1, -0.05) is 12.1 Å². The summed E-state index contributed by atoms with van der Waals surface area (Å²) in [5.41, 5.74) is 5.87. The van der Waals surface area contributed by atoms with E-state index < -0.39 is 17.6 Å². The highest BCUT2D eigenvalue weighted by Crippen LogP contribution is 2.46. The van der Waals surface area contributed by atoms with Crippen molar-refractivity contribution >= 4 is 52.0 Å². The minimum Gasteiger partial charge on any atom is -0.490 e. The van der Waals surface area contributed by atoms with Crippen molar-refractivity contribution in [1.82, 2.24) is 8.75 Å². The Morgan fingerprint density at radius 3 is 2.31 bits per heavy atom. The number of ether oxygens (including phenoxy) is 4. The molecule has 0 saturated carbocycles. The summed E-state index contributed by atoms with van der Waals surface area (Å²) in [6.45, 7) is 6.50. The van der Waals surface area contributed by atoms with Crippen molar-refractivity contribution in [2.24, 2.45) is 0 Å². The van der Waals surface area contributed by atoms with Crippen LogP contribution in [0.1, 0.15) is 40.9 Å². The summed E-state index contributed by atoms with van der Waals surface area (Å²) in [6.07, 6.45) is 0.779. The van der Waals surface area contributed by atoms with Gasteiger partial charge in [0.15, 0.2) is 11.6 Å². The molecular formula is C39H37FN4O7S. The summed E-state index contributed by atoms with van der Waals surface area (Å²) in [5.74, 6) is -1.90. The SMILES string of the molecule is CC(C)Oc1ccc(C2(O)OC(=O)C(c3ccc4nsnc4c3)=C2Cc2ccc3c(c2)N(C)CCO3)cc1F.CN1CCOc2ccc(C=O)cc21. The van der Waals surface area contributed by atoms with Gasteiger partial charge in [-0.15, -0.1) is 0 Å². The molecule has 0 radical (unpaired) electrons. The Morgan fingerprint density at radius 2 is 1.62 bits per heavy atom. The molecule has 11 nitrogen and oxygen atoms in total. The molecule has 52 heavy (non-hydrogen) atoms. The van der Waals surface area contributed by atoms with Crippen LogP contribution >= 0.6 is 11.7 Å². The van der Waals surface area contributed by atoms with E-state index in [1.165, 1.54) is 12.1 Å². The van der Waals surface area contributed by atoms with Crippen molar-refractivity contribution in [2.45, 2.75) is 32.2 Å². The van der Waals surface area contributed by atoms with Gasteiger partial charge in [-0.3, -0.25) is 4.79 Å². The lowest BCUT2D eigenvalue weighted by molar-refractivity contribution is -0.185. The normalized spacial score (nSPS) is 17.9. The molecule has 0 fully saturated rings. The number of hydrogen-bond acceptors (Lipinski definition) is 12. The molecular weight excluding hydrogens is 688 g/mol. The van der Waals surface area contributed by atoms with Crippen molar-refractivity contribution in [3.8, 4) is 17.2 Å². The lowest BCUT2D eigenvalue weighted by atomic mass is 9.87. The summed E-state index contributed by atoms with van der Waals surface area (Å²) in [4.78, 5) is 28.1. The second kappa shape index (κ2) is 14.2. The van der Waals surface area contributed by atoms with Gasteiger partial charge in [-0.2, -0.15) is 8.75 Å². The number of carbonyl (C=O) groups excluding carboxylic acids is 2. The quantitative estimate of drug-likeness (QED) is 0.153. The Labute approximate surface area is 304 Å². The number of rotatable bonds is 7. The van der Waals surface area contributed by atoms with Crippen molar-refractivity contribution in [3.05, 3.63) is 106 Å². The highest BCUT2D eigenvalue weighted by atomic mass is 32.1. The lowest BCUT2D eigenvalue weighted by Gasteiger charge is -2.29. The Hall–Kier alpha value is -5.53. The predicted molar refractivity (Wildman–Crippen MR) is 196 cm³/mol. The number of aldehydes is 1. The molecule has 1 unspecified atom stereocenters. The fourth-order valence-corrected chi connectivity index (χ4v) is 6.94. The van der Waals surface area contributed by atoms with Crippen molar-refractivity contribution in [3.63, 3.8) is 0 Å². The van der Waals surface area contributed by atoms with Gasteiger partial charge in [0, 0.05) is 37.2 Å². The fourth-order valence-electron chi connectivity index (χ4n) is 6.42. The molecule has 0 spiro atoms. The first-order valence-corrected chi connectivity index (χ1v) is 17.6. The zero-order valence-electron chi connectivity index (χ0n) is 29.1. The number of halogens is 1. The predicted octanol–water partition coefficient (Wildman–Crippen LogP) is 6.17. The summed E-state index contributed by atoms with van der Waals surface area (Å²) < 4.78 is 46.0. The van der Waals surface area contributed by atoms with Crippen molar-refractivity contribution < 1.29 is 38.0 Å². The maximum absolute atomic E-state index is 15.0. The molecule has 1 N–H and O–H groups in total. The maximum Gasteiger partial charge on any atom is 0.342 e. The molecule has 3 aliphatic rings. The van der Waals surface area contributed by atoms with Gasteiger partial charge in [0.2, 0.25) is 0 Å². The first kappa shape index (κ1) is 34.9. The van der Waals surface area contributed by atoms with Gasteiger partial charge in [-0.05, 0) is 85.6 Å². The number of aliphatic hydroxyl groups is 1. The van der Waals surface area contributed by atoms with Gasteiger partial charge in [0.05, 0.1) is 47.9 Å². The Balaban J connectivity index is 0.000000271. The third kappa shape index (κ3) is 6.76. The van der Waals surface area contributed by atoms with E-state index in [1.807, 2.05) is 44.4 Å². The second-order valence-electron chi connectivity index (χ2n) is 13.0. The average molecular weight is 725 g/mol. The average Bonchev–Trinajstić information content (AvgIpc) is 3.70. The monoisotopic (exact) mass is 724 g/mol. The lowest BCUT2D eigenvalue weighted by Crippen LogP contribution is -2.30. The van der Waals surface area contributed by atoms with Gasteiger partial charge in [0.25, 0.3) is 5.79 Å². The molecule has 3 aliphatic heterocycles. The second-order valence-corrected chi connectivity index (χ2v) is 13.6. The zero-order chi connectivity index (χ0) is 36.6. The van der Waals surface area contributed by atoms with Crippen molar-refractivity contribution in [1.29, 1.82) is 0 Å². The van der Waals surface area contributed by atoms with E-state index in [9.17, 15) is 14.7 Å². The molecule has 4 heterocycles. The van der Waals surface area contributed by atoms with Crippen LogP contribution in [0.4, 0.5) is 15.8 Å². The van der Waals surface area contributed by atoms with Crippen LogP contribution in [0.2, 0.25) is 0 Å². The molecule has 1 aromatic heterocycles. The van der Waals surface area contributed by atoms with Gasteiger partial charge < -0.3 is 33.9 Å². The molecule has 0 aliphatic carbocycles. The van der Waals surface area contributed by atoms with Crippen LogP contribution in [0.15, 0.2) is 78.4 Å². The van der Waals surface area contributed by atoms with E-state index in [4.69, 9.17) is 18.9 Å². The Morgan fingerprint density at radius 1 is 0.923 bits per heavy atom. The first-order chi connectivity index (χ1) is 25.0. The van der Waals surface area contributed by atoms with Crippen molar-refractivity contribution in [2.75, 3.05) is 50.2 Å². The highest BCUT2D eigenvalue weighted by Gasteiger charge is 2.48. The molecule has 0 bridgehead atoms. The van der Waals surface area contributed by atoms with E-state index in [1.54, 1.807) is 38.1 Å². The molecule has 268 valence electrons. The van der Waals surface area contributed by atoms with E-state index in [0.29, 0.717) is 40.9 Å². The Bertz CT molecular complexity index is 2200. The number of aromatic nitrogens is 2. The number of nitrogens with zero attached hydrogens (tertiary/aromatic N) is 4. The van der Waals surface area contributed by atoms with Crippen LogP contribution in [0, 0.1) is 5.82 Å². The summed E-state index contributed by atoms with van der Waals surface area (Å²) >= 11 is 1.07. The Kier molecular flexibility index (Phi) is 9.56. The third-order valence-corrected chi connectivity index (χ3v) is 9.65. The summed E-state index contributed by atoms with van der Waals surface area (Å²) in [6, 6.07) is 20.6. The fraction of sp³-hybridized carbons (Fsp3) is 0.282. The van der Waals surface area contributed by atoms with E-state index in [-0.39, 0.29) is 29.4 Å². The number of esters is 1. The molecule has 8 rings (SSSR count). The maximum atomic E-state index is 15.0. The molecule has 1 atom stereocenters. The number of carbonyl (C=O) groups is 2. The van der Waals surface area contributed by atoms with Crippen LogP contribution < -0.4 is 24.0 Å². The van der Waals surface area contributed by atoms with Crippen LogP contribution in [0.5, 0.6) is 17.2 Å². The molecule has 0 saturated heterocycles. The van der Waals surface area contributed by atoms with Crippen LogP contribution in [-0.4, -0.2) is 72.6 Å². The number of likely N-dealkylation sites (N-methyl/N-ethyl adjacent to an activating group) is 2. The number of fused-ring (bicyclic) bond motifs is 3. The first-order valence-electron chi connectivity index (χ1n) is 16.8. The van der Waals surface area contributed by atoms with E-state index in [0.717, 1.165) is 65.6 Å². The van der Waals surface area contributed by atoms with Gasteiger partial charge in [0.1, 0.15) is 42.0 Å². The zero-order valence-corrected chi connectivity index (χ0v) is 29.9. The smallest absolute Gasteiger partial charge is 0.342 e. The van der Waals surface area contributed by atoms with E-state index in [2.05, 4.69) is 18.5 Å². The molecule has 4 aromatic carbocycles. The summed E-state index contributed by atoms with van der Waals surface area (Å²) in [7, 11) is 3.98. The third-order valence-electron chi connectivity index (χ3n) is 9.10. The number of benzene rings is 4. The number of hydrogen-bond donors (Lipinski definition) is 1. The standard InChI is InChI=1S/C29H26FN3O5S.C10H11NO2/c1-16(2)37-25-9-6-19(15-21(25)30)29(35)20(12-17-4-8-26-24(13-17)33(3)10-11-36-26)27(28(34)38-29)18-5-7-22-23(14-18)32-39-31-22;1-11-4-5-13-10-3-2-8(7-12)6-9(10)11/h4-9,13-16,35H,10-12H2,1-3H3;2-3,6-7H,4-5H2,1H3. The minimum absolute atomic E-state index is 0.0478. The van der Waals surface area contributed by atoms with Crippen LogP contribution in [0.25, 0.3) is 16.6 Å². The van der Waals surface area contributed by atoms with Crippen LogP contribution in [-0.2, 0) is 21.7 Å². The molecule has 13 heteroatoms. The minimum atomic E-state index is -2.20. The largest absolute Gasteiger partial charge is 0.490 e. The van der Waals surface area contributed by atoms with E-state index >= 15 is 4.39 Å². The van der Waals surface area contributed by atoms with Crippen LogP contribution in [0.3, 0.4) is 0 Å². The molecule has 5 aromatic rings. The number of cyclic esters (lactones) is 1. The summed E-state index contributed by atoms with van der Waals surface area (Å²) in [5, 5.41) is 12.0. The van der Waals surface area contributed by atoms with Gasteiger partial charge >= 0.3 is 5.97 Å².